The molecule has 0 atom stereocenters. The highest BCUT2D eigenvalue weighted by molar-refractivity contribution is 5.79. The van der Waals surface area contributed by atoms with Gasteiger partial charge in [0.15, 0.2) is 0 Å². The van der Waals surface area contributed by atoms with Gasteiger partial charge in [-0.05, 0) is 42.3 Å². The van der Waals surface area contributed by atoms with Gasteiger partial charge >= 0.3 is 0 Å². The van der Waals surface area contributed by atoms with Crippen molar-refractivity contribution in [3.05, 3.63) is 59.7 Å². The minimum atomic E-state index is 0.452. The van der Waals surface area contributed by atoms with Crippen molar-refractivity contribution in [2.24, 2.45) is 5.16 Å². The fourth-order valence-corrected chi connectivity index (χ4v) is 1.78. The van der Waals surface area contributed by atoms with E-state index in [9.17, 15) is 0 Å². The van der Waals surface area contributed by atoms with Crippen LogP contribution in [0.3, 0.4) is 0 Å². The van der Waals surface area contributed by atoms with Gasteiger partial charge in [-0.1, -0.05) is 29.4 Å². The van der Waals surface area contributed by atoms with Gasteiger partial charge in [-0.15, -0.1) is 0 Å². The molecule has 4 nitrogen and oxygen atoms in total. The summed E-state index contributed by atoms with van der Waals surface area (Å²) in [5, 5.41) is 11.5. The Balaban J connectivity index is 1.80. The average Bonchev–Trinajstić information content (AvgIpc) is 2.45. The van der Waals surface area contributed by atoms with E-state index in [1.54, 1.807) is 6.07 Å². The molecular formula is C16H17NO3. The Morgan fingerprint density at radius 3 is 2.30 bits per heavy atom. The van der Waals surface area contributed by atoms with Crippen molar-refractivity contribution in [1.29, 1.82) is 0 Å². The lowest BCUT2D eigenvalue weighted by Gasteiger charge is -2.09. The molecule has 0 aliphatic rings. The van der Waals surface area contributed by atoms with Crippen molar-refractivity contribution in [2.75, 3.05) is 13.2 Å². The van der Waals surface area contributed by atoms with E-state index in [0.29, 0.717) is 13.2 Å². The summed E-state index contributed by atoms with van der Waals surface area (Å²) < 4.78 is 11.2. The van der Waals surface area contributed by atoms with Crippen molar-refractivity contribution in [2.45, 2.75) is 6.92 Å². The Morgan fingerprint density at radius 2 is 1.65 bits per heavy atom. The predicted molar refractivity (Wildman–Crippen MR) is 78.0 cm³/mol. The van der Waals surface area contributed by atoms with Gasteiger partial charge in [-0.25, -0.2) is 0 Å². The number of nitrogens with zero attached hydrogens (tertiary/aromatic N) is 1. The third kappa shape index (κ3) is 4.31. The monoisotopic (exact) mass is 271 g/mol. The molecule has 20 heavy (non-hydrogen) atoms. The zero-order valence-corrected chi connectivity index (χ0v) is 11.3. The molecule has 4 heteroatoms. The van der Waals surface area contributed by atoms with E-state index in [4.69, 9.17) is 14.7 Å². The molecule has 0 aliphatic heterocycles. The fraction of sp³-hybridized carbons (Fsp3) is 0.188. The first-order valence-corrected chi connectivity index (χ1v) is 6.38. The van der Waals surface area contributed by atoms with Crippen LogP contribution in [0.2, 0.25) is 0 Å². The zero-order chi connectivity index (χ0) is 14.2. The number of aryl methyl sites for hydroxylation is 1. The molecule has 0 amide bonds. The Hall–Kier alpha value is -2.49. The number of hydrogen-bond acceptors (Lipinski definition) is 4. The van der Waals surface area contributed by atoms with Crippen LogP contribution in [0, 0.1) is 6.92 Å². The molecule has 0 aromatic heterocycles. The SMILES string of the molecule is Cc1cccc(OCCOc2cccc(C=NO)c2)c1. The summed E-state index contributed by atoms with van der Waals surface area (Å²) in [6, 6.07) is 15.2. The van der Waals surface area contributed by atoms with Crippen LogP contribution < -0.4 is 9.47 Å². The average molecular weight is 271 g/mol. The molecular weight excluding hydrogens is 254 g/mol. The van der Waals surface area contributed by atoms with E-state index in [-0.39, 0.29) is 0 Å². The maximum Gasteiger partial charge on any atom is 0.122 e. The van der Waals surface area contributed by atoms with E-state index < -0.39 is 0 Å². The Labute approximate surface area is 118 Å². The third-order valence-corrected chi connectivity index (χ3v) is 2.68. The van der Waals surface area contributed by atoms with Crippen molar-refractivity contribution in [3.8, 4) is 11.5 Å². The Morgan fingerprint density at radius 1 is 1.00 bits per heavy atom. The van der Waals surface area contributed by atoms with E-state index in [2.05, 4.69) is 5.16 Å². The number of benzene rings is 2. The van der Waals surface area contributed by atoms with E-state index in [0.717, 1.165) is 17.1 Å². The summed E-state index contributed by atoms with van der Waals surface area (Å²) in [4.78, 5) is 0. The molecule has 0 fully saturated rings. The fourth-order valence-electron chi connectivity index (χ4n) is 1.78. The summed E-state index contributed by atoms with van der Waals surface area (Å²) in [6.07, 6.45) is 1.36. The van der Waals surface area contributed by atoms with Gasteiger partial charge in [0.05, 0.1) is 6.21 Å². The Kier molecular flexibility index (Phi) is 5.00. The summed E-state index contributed by atoms with van der Waals surface area (Å²) >= 11 is 0. The first kappa shape index (κ1) is 13.9. The number of hydrogen-bond donors (Lipinski definition) is 1. The highest BCUT2D eigenvalue weighted by atomic mass is 16.5. The third-order valence-electron chi connectivity index (χ3n) is 2.68. The number of oxime groups is 1. The van der Waals surface area contributed by atoms with Crippen molar-refractivity contribution in [3.63, 3.8) is 0 Å². The molecule has 2 aromatic rings. The molecule has 2 aromatic carbocycles. The van der Waals surface area contributed by atoms with Gasteiger partial charge in [0.1, 0.15) is 24.7 Å². The highest BCUT2D eigenvalue weighted by Gasteiger charge is 1.97. The second-order valence-corrected chi connectivity index (χ2v) is 4.33. The van der Waals surface area contributed by atoms with Crippen molar-refractivity contribution >= 4 is 6.21 Å². The minimum Gasteiger partial charge on any atom is -0.490 e. The van der Waals surface area contributed by atoms with Gasteiger partial charge in [0, 0.05) is 0 Å². The van der Waals surface area contributed by atoms with Gasteiger partial charge in [0.2, 0.25) is 0 Å². The molecule has 0 spiro atoms. The van der Waals surface area contributed by atoms with Crippen molar-refractivity contribution < 1.29 is 14.7 Å². The van der Waals surface area contributed by atoms with E-state index >= 15 is 0 Å². The van der Waals surface area contributed by atoms with E-state index in [1.807, 2.05) is 49.4 Å². The second kappa shape index (κ2) is 7.19. The van der Waals surface area contributed by atoms with E-state index in [1.165, 1.54) is 11.8 Å². The predicted octanol–water partition coefficient (Wildman–Crippen LogP) is 3.26. The van der Waals surface area contributed by atoms with Crippen LogP contribution in [-0.4, -0.2) is 24.6 Å². The van der Waals surface area contributed by atoms with Gasteiger partial charge in [-0.2, -0.15) is 0 Å². The molecule has 2 rings (SSSR count). The van der Waals surface area contributed by atoms with Gasteiger partial charge in [-0.3, -0.25) is 0 Å². The first-order valence-electron chi connectivity index (χ1n) is 6.38. The number of ether oxygens (including phenoxy) is 2. The molecule has 0 unspecified atom stereocenters. The van der Waals surface area contributed by atoms with Crippen molar-refractivity contribution in [1.82, 2.24) is 0 Å². The van der Waals surface area contributed by atoms with Crippen LogP contribution in [0.1, 0.15) is 11.1 Å². The lowest BCUT2D eigenvalue weighted by atomic mass is 10.2. The summed E-state index contributed by atoms with van der Waals surface area (Å²) in [6.45, 7) is 2.95. The molecule has 0 saturated heterocycles. The van der Waals surface area contributed by atoms with Crippen LogP contribution in [0.5, 0.6) is 11.5 Å². The topological polar surface area (TPSA) is 51.0 Å². The first-order chi connectivity index (χ1) is 9.78. The Bertz CT molecular complexity index is 581. The zero-order valence-electron chi connectivity index (χ0n) is 11.3. The maximum absolute atomic E-state index is 8.48. The highest BCUT2D eigenvalue weighted by Crippen LogP contribution is 2.14. The van der Waals surface area contributed by atoms with Gasteiger partial charge < -0.3 is 14.7 Å². The van der Waals surface area contributed by atoms with Crippen LogP contribution in [-0.2, 0) is 0 Å². The van der Waals surface area contributed by atoms with Crippen LogP contribution in [0.25, 0.3) is 0 Å². The number of rotatable bonds is 6. The molecule has 0 radical (unpaired) electrons. The normalized spacial score (nSPS) is 10.7. The lowest BCUT2D eigenvalue weighted by Crippen LogP contribution is -2.09. The van der Waals surface area contributed by atoms with Crippen LogP contribution in [0.15, 0.2) is 53.7 Å². The molecule has 1 N–H and O–H groups in total. The summed E-state index contributed by atoms with van der Waals surface area (Å²) in [7, 11) is 0. The maximum atomic E-state index is 8.48. The summed E-state index contributed by atoms with van der Waals surface area (Å²) in [5.74, 6) is 1.56. The summed E-state index contributed by atoms with van der Waals surface area (Å²) in [5.41, 5.74) is 1.95. The molecule has 0 aliphatic carbocycles. The second-order valence-electron chi connectivity index (χ2n) is 4.33. The van der Waals surface area contributed by atoms with Gasteiger partial charge in [0.25, 0.3) is 0 Å². The standard InChI is InChI=1S/C16H17NO3/c1-13-4-2-6-15(10-13)19-8-9-20-16-7-3-5-14(11-16)12-17-18/h2-7,10-12,18H,8-9H2,1H3. The molecule has 0 bridgehead atoms. The minimum absolute atomic E-state index is 0.452. The molecule has 0 saturated carbocycles. The quantitative estimate of drug-likeness (QED) is 0.380. The molecule has 0 heterocycles. The lowest BCUT2D eigenvalue weighted by molar-refractivity contribution is 0.217. The molecule has 104 valence electrons. The largest absolute Gasteiger partial charge is 0.490 e. The van der Waals surface area contributed by atoms with Crippen LogP contribution in [0.4, 0.5) is 0 Å². The van der Waals surface area contributed by atoms with Crippen LogP contribution >= 0.6 is 0 Å². The smallest absolute Gasteiger partial charge is 0.122 e.